The Morgan fingerprint density at radius 3 is 2.49 bits per heavy atom. The molecule has 2 heterocycles. The van der Waals surface area contributed by atoms with Gasteiger partial charge in [-0.1, -0.05) is 48.0 Å². The number of rotatable bonds is 5. The lowest BCUT2D eigenvalue weighted by Gasteiger charge is -2.32. The van der Waals surface area contributed by atoms with Gasteiger partial charge < -0.3 is 15.3 Å². The van der Waals surface area contributed by atoms with E-state index in [1.54, 1.807) is 4.90 Å². The molecule has 0 aromatic carbocycles. The second kappa shape index (κ2) is 14.5. The van der Waals surface area contributed by atoms with E-state index in [1.165, 1.54) is 6.42 Å². The van der Waals surface area contributed by atoms with Crippen LogP contribution in [0.2, 0.25) is 0 Å². The van der Waals surface area contributed by atoms with Crippen molar-refractivity contribution >= 4 is 5.91 Å². The number of nitrogens with zero attached hydrogens (tertiary/aromatic N) is 2. The van der Waals surface area contributed by atoms with Gasteiger partial charge in [0.05, 0.1) is 11.7 Å². The molecule has 6 unspecified atom stereocenters. The Kier molecular flexibility index (Phi) is 12.3. The zero-order chi connectivity index (χ0) is 27.8. The number of aliphatic hydroxyl groups excluding tert-OH is 1. The summed E-state index contributed by atoms with van der Waals surface area (Å²) >= 11 is 0. The molecule has 5 nitrogen and oxygen atoms in total. The number of aliphatic hydroxyl groups is 1. The van der Waals surface area contributed by atoms with Gasteiger partial charge in [0.1, 0.15) is 0 Å². The highest BCUT2D eigenvalue weighted by Gasteiger charge is 2.41. The molecule has 1 amide bonds. The van der Waals surface area contributed by atoms with Gasteiger partial charge in [0.2, 0.25) is 5.91 Å². The van der Waals surface area contributed by atoms with Gasteiger partial charge in [-0.05, 0) is 56.1 Å². The summed E-state index contributed by atoms with van der Waals surface area (Å²) in [6.45, 7) is 13.2. The van der Waals surface area contributed by atoms with E-state index >= 15 is 0 Å². The predicted molar refractivity (Wildman–Crippen MR) is 142 cm³/mol. The van der Waals surface area contributed by atoms with Crippen LogP contribution in [0.5, 0.6) is 0 Å². The van der Waals surface area contributed by atoms with Crippen molar-refractivity contribution in [2.45, 2.75) is 124 Å². The van der Waals surface area contributed by atoms with E-state index in [0.29, 0.717) is 30.1 Å². The number of carbonyl (C=O) groups excluding carboxylic acids is 1. The molecule has 1 aliphatic heterocycles. The number of alkyl halides is 3. The summed E-state index contributed by atoms with van der Waals surface area (Å²) in [4.78, 5) is 18.9. The first kappa shape index (κ1) is 31.5. The maximum Gasteiger partial charge on any atom is 0.417 e. The molecule has 0 bridgehead atoms. The van der Waals surface area contributed by atoms with Gasteiger partial charge in [0.15, 0.2) is 0 Å². The molecule has 0 spiro atoms. The molecule has 2 fully saturated rings. The third-order valence-corrected chi connectivity index (χ3v) is 7.83. The first-order chi connectivity index (χ1) is 17.6. The van der Waals surface area contributed by atoms with Crippen molar-refractivity contribution in [3.8, 4) is 0 Å². The van der Waals surface area contributed by atoms with Gasteiger partial charge in [0.25, 0.3) is 0 Å². The molecule has 2 N–H and O–H groups in total. The molecular weight excluding hydrogens is 479 g/mol. The Morgan fingerprint density at radius 1 is 1.19 bits per heavy atom. The number of amides is 1. The molecule has 8 heteroatoms. The Morgan fingerprint density at radius 2 is 1.86 bits per heavy atom. The third-order valence-electron chi connectivity index (χ3n) is 7.83. The molecule has 2 saturated carbocycles. The Hall–Kier alpha value is -1.67. The summed E-state index contributed by atoms with van der Waals surface area (Å²) in [5.74, 6) is 0.713. The minimum atomic E-state index is -4.43. The highest BCUT2D eigenvalue weighted by Crippen LogP contribution is 2.37. The highest BCUT2D eigenvalue weighted by atomic mass is 19.4. The standard InChI is InChI=1S/C24H34F3N3O2.C3H8.C2H6/c1-3-21(31)19-7-4-14(2)22(19)29-18-6-5-15(11-18)23(32)30-9-8-20-16(13-30)10-17(12-28-20)24(25,26)27;1-3-2;1-2/h10,12,14-15,18-19,21-22,29,31H,3-9,11,13H2,1-2H3;3H2,1-2H3;1-2H3. The second-order valence-corrected chi connectivity index (χ2v) is 10.6. The van der Waals surface area contributed by atoms with E-state index in [0.717, 1.165) is 50.8 Å². The van der Waals surface area contributed by atoms with Gasteiger partial charge in [-0.15, -0.1) is 0 Å². The summed E-state index contributed by atoms with van der Waals surface area (Å²) in [7, 11) is 0. The lowest BCUT2D eigenvalue weighted by atomic mass is 9.91. The fourth-order valence-electron chi connectivity index (χ4n) is 5.92. The molecule has 0 saturated heterocycles. The van der Waals surface area contributed by atoms with Crippen molar-refractivity contribution in [2.24, 2.45) is 17.8 Å². The Balaban J connectivity index is 0.000000898. The van der Waals surface area contributed by atoms with Crippen LogP contribution in [0, 0.1) is 17.8 Å². The van der Waals surface area contributed by atoms with Gasteiger partial charge >= 0.3 is 6.18 Å². The summed E-state index contributed by atoms with van der Waals surface area (Å²) in [5.41, 5.74) is 0.400. The normalized spacial score (nSPS) is 27.9. The summed E-state index contributed by atoms with van der Waals surface area (Å²) in [5, 5.41) is 14.2. The average Bonchev–Trinajstić information content (AvgIpc) is 3.50. The number of hydrogen-bond donors (Lipinski definition) is 2. The van der Waals surface area contributed by atoms with Crippen LogP contribution in [0.25, 0.3) is 0 Å². The number of hydrogen-bond acceptors (Lipinski definition) is 4. The molecule has 2 aliphatic carbocycles. The predicted octanol–water partition coefficient (Wildman–Crippen LogP) is 6.37. The van der Waals surface area contributed by atoms with Gasteiger partial charge in [-0.2, -0.15) is 13.2 Å². The largest absolute Gasteiger partial charge is 0.417 e. The molecule has 1 aromatic rings. The Bertz CT molecular complexity index is 848. The van der Waals surface area contributed by atoms with Crippen molar-refractivity contribution in [2.75, 3.05) is 6.54 Å². The summed E-state index contributed by atoms with van der Waals surface area (Å²) in [6, 6.07) is 1.66. The molecule has 212 valence electrons. The number of aromatic nitrogens is 1. The van der Waals surface area contributed by atoms with Crippen LogP contribution < -0.4 is 5.32 Å². The van der Waals surface area contributed by atoms with Crippen molar-refractivity contribution in [3.05, 3.63) is 29.1 Å². The lowest BCUT2D eigenvalue weighted by molar-refractivity contribution is -0.138. The quantitative estimate of drug-likeness (QED) is 0.467. The first-order valence-electron chi connectivity index (χ1n) is 14.4. The van der Waals surface area contributed by atoms with E-state index in [9.17, 15) is 23.1 Å². The second-order valence-electron chi connectivity index (χ2n) is 10.6. The van der Waals surface area contributed by atoms with Gasteiger partial charge in [-0.3, -0.25) is 9.78 Å². The first-order valence-corrected chi connectivity index (χ1v) is 14.4. The van der Waals surface area contributed by atoms with Gasteiger partial charge in [0, 0.05) is 55.3 Å². The van der Waals surface area contributed by atoms with Gasteiger partial charge in [-0.25, -0.2) is 0 Å². The molecular formula is C29H48F3N3O2. The van der Waals surface area contributed by atoms with Crippen LogP contribution >= 0.6 is 0 Å². The van der Waals surface area contributed by atoms with E-state index < -0.39 is 11.7 Å². The minimum absolute atomic E-state index is 0.0435. The molecule has 1 aromatic heterocycles. The van der Waals surface area contributed by atoms with Crippen LogP contribution in [-0.4, -0.2) is 45.6 Å². The monoisotopic (exact) mass is 527 g/mol. The van der Waals surface area contributed by atoms with Crippen molar-refractivity contribution < 1.29 is 23.1 Å². The smallest absolute Gasteiger partial charge is 0.393 e. The fourth-order valence-corrected chi connectivity index (χ4v) is 5.92. The van der Waals surface area contributed by atoms with E-state index in [4.69, 9.17) is 0 Å². The van der Waals surface area contributed by atoms with E-state index in [2.05, 4.69) is 31.1 Å². The van der Waals surface area contributed by atoms with Crippen LogP contribution in [0.3, 0.4) is 0 Å². The lowest BCUT2D eigenvalue weighted by Crippen LogP contribution is -2.46. The van der Waals surface area contributed by atoms with Crippen LogP contribution in [-0.2, 0) is 23.9 Å². The minimum Gasteiger partial charge on any atom is -0.393 e. The van der Waals surface area contributed by atoms with Crippen molar-refractivity contribution in [1.82, 2.24) is 15.2 Å². The van der Waals surface area contributed by atoms with Crippen LogP contribution in [0.15, 0.2) is 12.3 Å². The third kappa shape index (κ3) is 8.16. The maximum absolute atomic E-state index is 13.2. The van der Waals surface area contributed by atoms with E-state index in [1.807, 2.05) is 20.8 Å². The van der Waals surface area contributed by atoms with E-state index in [-0.39, 0.29) is 42.5 Å². The number of carbonyl (C=O) groups is 1. The van der Waals surface area contributed by atoms with Crippen molar-refractivity contribution in [3.63, 3.8) is 0 Å². The summed E-state index contributed by atoms with van der Waals surface area (Å²) < 4.78 is 39.2. The SMILES string of the molecule is CC.CCC.CCC(O)C1CCC(C)C1NC1CCC(C(=O)N2CCc3ncc(C(F)(F)F)cc3C2)C1. The average molecular weight is 528 g/mol. The number of fused-ring (bicyclic) bond motifs is 1. The maximum atomic E-state index is 13.2. The van der Waals surface area contributed by atoms with Crippen LogP contribution in [0.1, 0.15) is 103 Å². The number of halogens is 3. The van der Waals surface area contributed by atoms with Crippen molar-refractivity contribution in [1.29, 1.82) is 0 Å². The summed E-state index contributed by atoms with van der Waals surface area (Å²) in [6.07, 6.45) is 3.25. The number of nitrogens with one attached hydrogen (secondary N) is 1. The molecule has 4 rings (SSSR count). The molecule has 37 heavy (non-hydrogen) atoms. The molecule has 0 radical (unpaired) electrons. The van der Waals surface area contributed by atoms with Crippen LogP contribution in [0.4, 0.5) is 13.2 Å². The highest BCUT2D eigenvalue weighted by molar-refractivity contribution is 5.79. The molecule has 3 aliphatic rings. The number of pyridine rings is 1. The fraction of sp³-hybridized carbons (Fsp3) is 0.793. The Labute approximate surface area is 221 Å². The molecule has 6 atom stereocenters. The zero-order valence-electron chi connectivity index (χ0n) is 23.6. The topological polar surface area (TPSA) is 65.5 Å². The zero-order valence-corrected chi connectivity index (χ0v) is 23.6.